The molecule has 1 aliphatic rings. The van der Waals surface area contributed by atoms with Crippen molar-refractivity contribution in [1.82, 2.24) is 4.98 Å². The highest BCUT2D eigenvalue weighted by Crippen LogP contribution is 2.39. The Morgan fingerprint density at radius 2 is 2.09 bits per heavy atom. The van der Waals surface area contributed by atoms with Gasteiger partial charge in [-0.15, -0.1) is 11.3 Å². The van der Waals surface area contributed by atoms with Crippen molar-refractivity contribution in [3.63, 3.8) is 0 Å². The molecule has 1 fully saturated rings. The molecule has 122 valence electrons. The minimum Gasteiger partial charge on any atom is -0.488 e. The van der Waals surface area contributed by atoms with Gasteiger partial charge in [0, 0.05) is 35.7 Å². The van der Waals surface area contributed by atoms with Crippen LogP contribution in [-0.2, 0) is 4.74 Å². The Balaban J connectivity index is 1.98. The predicted molar refractivity (Wildman–Crippen MR) is 95.2 cm³/mol. The largest absolute Gasteiger partial charge is 0.488 e. The average molecular weight is 330 g/mol. The van der Waals surface area contributed by atoms with Crippen LogP contribution in [0.15, 0.2) is 28.7 Å². The van der Waals surface area contributed by atoms with E-state index in [2.05, 4.69) is 18.0 Å². The van der Waals surface area contributed by atoms with Crippen LogP contribution in [0.4, 0.5) is 5.69 Å². The van der Waals surface area contributed by atoms with Gasteiger partial charge in [-0.2, -0.15) is 0 Å². The van der Waals surface area contributed by atoms with Crippen LogP contribution in [0, 0.1) is 6.92 Å². The molecule has 4 nitrogen and oxygen atoms in total. The number of aliphatic imine (C=N–C) groups is 1. The first kappa shape index (κ1) is 16.1. The van der Waals surface area contributed by atoms with Crippen molar-refractivity contribution in [2.24, 2.45) is 4.99 Å². The van der Waals surface area contributed by atoms with E-state index in [1.165, 1.54) is 0 Å². The molecule has 0 aliphatic carbocycles. The van der Waals surface area contributed by atoms with Crippen molar-refractivity contribution >= 4 is 22.7 Å². The Morgan fingerprint density at radius 1 is 1.30 bits per heavy atom. The van der Waals surface area contributed by atoms with Crippen LogP contribution in [0.3, 0.4) is 0 Å². The van der Waals surface area contributed by atoms with Gasteiger partial charge in [-0.1, -0.05) is 0 Å². The van der Waals surface area contributed by atoms with E-state index >= 15 is 0 Å². The highest BCUT2D eigenvalue weighted by atomic mass is 32.1. The quantitative estimate of drug-likeness (QED) is 0.757. The topological polar surface area (TPSA) is 43.7 Å². The maximum Gasteiger partial charge on any atom is 0.145 e. The summed E-state index contributed by atoms with van der Waals surface area (Å²) >= 11 is 1.64. The van der Waals surface area contributed by atoms with Crippen molar-refractivity contribution < 1.29 is 9.47 Å². The van der Waals surface area contributed by atoms with Crippen LogP contribution in [0.25, 0.3) is 10.6 Å². The number of benzene rings is 1. The fourth-order valence-corrected chi connectivity index (χ4v) is 3.41. The van der Waals surface area contributed by atoms with Crippen LogP contribution in [-0.4, -0.2) is 30.0 Å². The Kier molecular flexibility index (Phi) is 5.08. The molecule has 1 aromatic heterocycles. The van der Waals surface area contributed by atoms with E-state index < -0.39 is 0 Å². The van der Waals surface area contributed by atoms with Gasteiger partial charge in [0.05, 0.1) is 13.2 Å². The lowest BCUT2D eigenvalue weighted by atomic mass is 10.1. The highest BCUT2D eigenvalue weighted by molar-refractivity contribution is 7.13. The van der Waals surface area contributed by atoms with Crippen molar-refractivity contribution in [2.75, 3.05) is 13.2 Å². The highest BCUT2D eigenvalue weighted by Gasteiger charge is 2.19. The molecule has 23 heavy (non-hydrogen) atoms. The Bertz CT molecular complexity index is 685. The van der Waals surface area contributed by atoms with Crippen molar-refractivity contribution in [3.05, 3.63) is 29.3 Å². The fraction of sp³-hybridized carbons (Fsp3) is 0.444. The van der Waals surface area contributed by atoms with Gasteiger partial charge >= 0.3 is 0 Å². The van der Waals surface area contributed by atoms with Crippen LogP contribution in [0.1, 0.15) is 32.3 Å². The van der Waals surface area contributed by atoms with Crippen LogP contribution >= 0.6 is 11.3 Å². The minimum absolute atomic E-state index is 0.208. The summed E-state index contributed by atoms with van der Waals surface area (Å²) in [4.78, 5) is 9.16. The second-order valence-electron chi connectivity index (χ2n) is 5.91. The van der Waals surface area contributed by atoms with Gasteiger partial charge in [0.15, 0.2) is 0 Å². The third-order valence-electron chi connectivity index (χ3n) is 3.85. The monoisotopic (exact) mass is 330 g/mol. The van der Waals surface area contributed by atoms with E-state index in [1.54, 1.807) is 11.3 Å². The second kappa shape index (κ2) is 7.23. The van der Waals surface area contributed by atoms with Crippen LogP contribution in [0.5, 0.6) is 5.75 Å². The fourth-order valence-electron chi connectivity index (χ4n) is 2.69. The maximum atomic E-state index is 6.24. The van der Waals surface area contributed by atoms with E-state index in [0.717, 1.165) is 59.3 Å². The summed E-state index contributed by atoms with van der Waals surface area (Å²) in [5, 5.41) is 3.01. The number of aromatic nitrogens is 1. The van der Waals surface area contributed by atoms with Gasteiger partial charge in [0.25, 0.3) is 0 Å². The summed E-state index contributed by atoms with van der Waals surface area (Å²) in [5.74, 6) is 0.857. The molecule has 0 N–H and O–H groups in total. The maximum absolute atomic E-state index is 6.24. The molecule has 2 aromatic rings. The minimum atomic E-state index is 0.208. The van der Waals surface area contributed by atoms with E-state index in [4.69, 9.17) is 14.5 Å². The van der Waals surface area contributed by atoms with Gasteiger partial charge in [-0.3, -0.25) is 4.99 Å². The number of rotatable bonds is 4. The smallest absolute Gasteiger partial charge is 0.145 e. The summed E-state index contributed by atoms with van der Waals surface area (Å²) in [6.07, 6.45) is 3.91. The van der Waals surface area contributed by atoms with Crippen LogP contribution < -0.4 is 4.74 Å². The first-order valence-corrected chi connectivity index (χ1v) is 8.83. The second-order valence-corrected chi connectivity index (χ2v) is 6.81. The standard InChI is InChI=1S/C18H22N2O2S/c1-12(2)20-17-13(3)15(18-19-8-11-23-18)4-5-16(17)22-14-6-9-21-10-7-14/h4-5,8,11,14H,6-7,9-10H2,1-3H3. The van der Waals surface area contributed by atoms with Gasteiger partial charge in [0.1, 0.15) is 22.5 Å². The molecule has 0 amide bonds. The van der Waals surface area contributed by atoms with Gasteiger partial charge in [-0.05, 0) is 38.5 Å². The molecule has 0 atom stereocenters. The Labute approximate surface area is 141 Å². The van der Waals surface area contributed by atoms with Gasteiger partial charge in [0.2, 0.25) is 0 Å². The van der Waals surface area contributed by atoms with Crippen LogP contribution in [0.2, 0.25) is 0 Å². The number of hydrogen-bond donors (Lipinski definition) is 0. The molecule has 3 rings (SSSR count). The summed E-state index contributed by atoms with van der Waals surface area (Å²) < 4.78 is 11.6. The van der Waals surface area contributed by atoms with Crippen molar-refractivity contribution in [3.8, 4) is 16.3 Å². The van der Waals surface area contributed by atoms with Crippen molar-refractivity contribution in [2.45, 2.75) is 39.7 Å². The third-order valence-corrected chi connectivity index (χ3v) is 4.66. The van der Waals surface area contributed by atoms with Gasteiger partial charge in [-0.25, -0.2) is 4.98 Å². The van der Waals surface area contributed by atoms with E-state index in [-0.39, 0.29) is 6.10 Å². The molecule has 0 bridgehead atoms. The van der Waals surface area contributed by atoms with E-state index in [9.17, 15) is 0 Å². The molecule has 5 heteroatoms. The number of hydrogen-bond acceptors (Lipinski definition) is 5. The Hall–Kier alpha value is -1.72. The zero-order valence-electron chi connectivity index (χ0n) is 13.8. The number of thiazole rings is 1. The normalized spacial score (nSPS) is 15.4. The lowest BCUT2D eigenvalue weighted by Crippen LogP contribution is -2.26. The number of nitrogens with zero attached hydrogens (tertiary/aromatic N) is 2. The molecular formula is C18H22N2O2S. The molecule has 2 heterocycles. The lowest BCUT2D eigenvalue weighted by Gasteiger charge is -2.24. The zero-order chi connectivity index (χ0) is 16.2. The summed E-state index contributed by atoms with van der Waals surface area (Å²) in [6.45, 7) is 7.65. The molecule has 0 spiro atoms. The molecule has 0 saturated carbocycles. The Morgan fingerprint density at radius 3 is 2.74 bits per heavy atom. The first-order chi connectivity index (χ1) is 11.1. The molecule has 1 aromatic carbocycles. The van der Waals surface area contributed by atoms with Gasteiger partial charge < -0.3 is 9.47 Å². The molecular weight excluding hydrogens is 308 g/mol. The predicted octanol–water partition coefficient (Wildman–Crippen LogP) is 4.79. The SMILES string of the molecule is CC(C)=Nc1c(OC2CCOCC2)ccc(-c2nccs2)c1C. The average Bonchev–Trinajstić information content (AvgIpc) is 3.06. The van der Waals surface area contributed by atoms with Crippen molar-refractivity contribution in [1.29, 1.82) is 0 Å². The number of ether oxygens (including phenoxy) is 2. The summed E-state index contributed by atoms with van der Waals surface area (Å²) in [7, 11) is 0. The summed E-state index contributed by atoms with van der Waals surface area (Å²) in [5.41, 5.74) is 4.18. The lowest BCUT2D eigenvalue weighted by molar-refractivity contribution is 0.0258. The molecule has 1 aliphatic heterocycles. The first-order valence-electron chi connectivity index (χ1n) is 7.95. The molecule has 1 saturated heterocycles. The molecule has 0 radical (unpaired) electrons. The molecule has 0 unspecified atom stereocenters. The van der Waals surface area contributed by atoms with E-state index in [1.807, 2.05) is 31.5 Å². The third kappa shape index (κ3) is 3.79. The summed E-state index contributed by atoms with van der Waals surface area (Å²) in [6, 6.07) is 4.12. The zero-order valence-corrected chi connectivity index (χ0v) is 14.7. The van der Waals surface area contributed by atoms with E-state index in [0.29, 0.717) is 0 Å².